The number of fused-ring (bicyclic) bond motifs is 3. The molecule has 6 N–H and O–H groups in total. The smallest absolute Gasteiger partial charge is 0.291 e. The molecule has 51 heavy (non-hydrogen) atoms. The maximum absolute atomic E-state index is 8.36. The summed E-state index contributed by atoms with van der Waals surface area (Å²) < 4.78 is 19.0. The molecule has 4 aromatic rings. The fourth-order valence-electron chi connectivity index (χ4n) is 4.56. The molecule has 0 aliphatic carbocycles. The Kier molecular flexibility index (Phi) is 23.0. The van der Waals surface area contributed by atoms with E-state index >= 15 is 0 Å². The molecule has 19 heteroatoms. The molecule has 1 aliphatic heterocycles. The van der Waals surface area contributed by atoms with Crippen LogP contribution in [-0.4, -0.2) is 76.4 Å². The number of nitrogens with one attached hydrogen (secondary N) is 3. The monoisotopic (exact) mass is 858 g/mol. The fraction of sp³-hybridized carbons (Fsp3) is 0.312. The Morgan fingerprint density at radius 3 is 1.53 bits per heavy atom. The summed E-state index contributed by atoms with van der Waals surface area (Å²) in [6.45, 7) is 6.39. The van der Waals surface area contributed by atoms with Gasteiger partial charge in [0, 0.05) is 90.3 Å². The van der Waals surface area contributed by atoms with Gasteiger partial charge in [-0.3, -0.25) is 0 Å². The van der Waals surface area contributed by atoms with Crippen LogP contribution >= 0.6 is 0 Å². The van der Waals surface area contributed by atoms with Crippen molar-refractivity contribution in [1.29, 1.82) is 0 Å². The SMILES string of the molecule is O=[N+]([O-])O.O=[N+]([O-])O.O=[N+]([O-])O.[Gd].c1ccc2c(c1)CNCCNCCNCc1ccccc1OCC(OCc1ccc3ccccc3c1)CO2. The van der Waals surface area contributed by atoms with Crippen LogP contribution in [0.4, 0.5) is 0 Å². The van der Waals surface area contributed by atoms with Crippen molar-refractivity contribution in [3.8, 4) is 11.5 Å². The summed E-state index contributed by atoms with van der Waals surface area (Å²) in [6.07, 6.45) is -0.244. The van der Waals surface area contributed by atoms with Crippen LogP contribution in [0.25, 0.3) is 10.8 Å². The maximum Gasteiger partial charge on any atom is 0.291 e. The zero-order valence-corrected chi connectivity index (χ0v) is 29.6. The second-order valence-electron chi connectivity index (χ2n) is 10.3. The number of benzene rings is 4. The molecule has 0 radical (unpaired) electrons. The van der Waals surface area contributed by atoms with Crippen LogP contribution in [0.15, 0.2) is 91.0 Å². The van der Waals surface area contributed by atoms with Crippen molar-refractivity contribution in [2.45, 2.75) is 25.8 Å². The maximum atomic E-state index is 8.36. The first-order valence-electron chi connectivity index (χ1n) is 15.2. The van der Waals surface area contributed by atoms with Gasteiger partial charge in [0.05, 0.1) is 6.61 Å². The second-order valence-corrected chi connectivity index (χ2v) is 10.3. The summed E-state index contributed by atoms with van der Waals surface area (Å²) in [5, 5.41) is 53.9. The topological polar surface area (TPSA) is 254 Å². The summed E-state index contributed by atoms with van der Waals surface area (Å²) in [7, 11) is 0. The molecule has 0 saturated carbocycles. The molecule has 0 atom stereocenters. The minimum atomic E-state index is -1.50. The molecule has 1 heterocycles. The van der Waals surface area contributed by atoms with Crippen molar-refractivity contribution in [2.24, 2.45) is 0 Å². The molecule has 4 aromatic carbocycles. The Bertz CT molecular complexity index is 1520. The zero-order valence-electron chi connectivity index (χ0n) is 27.3. The van der Waals surface area contributed by atoms with Gasteiger partial charge in [-0.15, -0.1) is 30.3 Å². The van der Waals surface area contributed by atoms with Gasteiger partial charge in [0.2, 0.25) is 0 Å². The number of hydrogen-bond donors (Lipinski definition) is 6. The summed E-state index contributed by atoms with van der Waals surface area (Å²) in [6, 6.07) is 31.2. The molecule has 5 rings (SSSR count). The quantitative estimate of drug-likeness (QED) is 0.127. The first kappa shape index (κ1) is 44.5. The Balaban J connectivity index is 0.000000873. The van der Waals surface area contributed by atoms with Crippen LogP contribution in [0.2, 0.25) is 0 Å². The molecule has 18 nitrogen and oxygen atoms in total. The van der Waals surface area contributed by atoms with Crippen LogP contribution in [0.5, 0.6) is 11.5 Å². The second kappa shape index (κ2) is 26.3. The normalized spacial score (nSPS) is 13.6. The van der Waals surface area contributed by atoms with E-state index in [0.717, 1.165) is 67.5 Å². The molecule has 0 saturated heterocycles. The van der Waals surface area contributed by atoms with Gasteiger partial charge in [-0.2, -0.15) is 0 Å². The Labute approximate surface area is 324 Å². The Hall–Kier alpha value is -4.50. The van der Waals surface area contributed by atoms with Crippen molar-refractivity contribution in [3.63, 3.8) is 0 Å². The molecule has 0 fully saturated rings. The van der Waals surface area contributed by atoms with E-state index in [1.54, 1.807) is 0 Å². The van der Waals surface area contributed by atoms with Gasteiger partial charge in [-0.25, -0.2) is 0 Å². The van der Waals surface area contributed by atoms with E-state index in [9.17, 15) is 0 Å². The standard InChI is InChI=1S/C32H37N3O3.Gd.3HNO3/c1-2-8-27-19-25(13-14-26(27)7-1)22-36-30-23-37-31-11-5-3-9-28(31)20-34-17-15-33-16-18-35-21-29-10-4-6-12-32(29)38-24-30;;3*2-1(3)4/h1-14,19,30,33-35H,15-18,20-24H2;;3*(H,2,3,4). The number of para-hydroxylation sites is 2. The molecule has 0 unspecified atom stereocenters. The summed E-state index contributed by atoms with van der Waals surface area (Å²) in [4.78, 5) is 25.1. The van der Waals surface area contributed by atoms with Gasteiger partial charge >= 0.3 is 0 Å². The molecule has 0 bridgehead atoms. The zero-order chi connectivity index (χ0) is 36.6. The molecule has 0 aromatic heterocycles. The van der Waals surface area contributed by atoms with Gasteiger partial charge in [0.25, 0.3) is 15.3 Å². The van der Waals surface area contributed by atoms with Crippen molar-refractivity contribution in [3.05, 3.63) is 138 Å². The van der Waals surface area contributed by atoms with Gasteiger partial charge in [-0.05, 0) is 34.5 Å². The predicted octanol–water partition coefficient (Wildman–Crippen LogP) is 3.62. The summed E-state index contributed by atoms with van der Waals surface area (Å²) in [5.74, 6) is 1.75. The third kappa shape index (κ3) is 20.7. The van der Waals surface area contributed by atoms with E-state index in [1.807, 2.05) is 36.4 Å². The minimum Gasteiger partial charge on any atom is -0.490 e. The van der Waals surface area contributed by atoms with Crippen molar-refractivity contribution >= 4 is 10.8 Å². The summed E-state index contributed by atoms with van der Waals surface area (Å²) >= 11 is 0. The minimum absolute atomic E-state index is 0. The van der Waals surface area contributed by atoms with Crippen LogP contribution < -0.4 is 25.4 Å². The van der Waals surface area contributed by atoms with E-state index in [1.165, 1.54) is 10.8 Å². The van der Waals surface area contributed by atoms with E-state index in [0.29, 0.717) is 19.8 Å². The van der Waals surface area contributed by atoms with Crippen LogP contribution in [0.3, 0.4) is 0 Å². The van der Waals surface area contributed by atoms with Gasteiger partial charge in [0.1, 0.15) is 30.8 Å². The Morgan fingerprint density at radius 2 is 1.04 bits per heavy atom. The van der Waals surface area contributed by atoms with Crippen molar-refractivity contribution < 1.29 is 85.0 Å². The number of rotatable bonds is 3. The van der Waals surface area contributed by atoms with Crippen molar-refractivity contribution in [2.75, 3.05) is 39.4 Å². The number of hydrogen-bond acceptors (Lipinski definition) is 12. The largest absolute Gasteiger partial charge is 0.490 e. The third-order valence-corrected chi connectivity index (χ3v) is 6.68. The molecular weight excluding hydrogens is 818 g/mol. The third-order valence-electron chi connectivity index (χ3n) is 6.68. The molecule has 278 valence electrons. The molecule has 0 spiro atoms. The summed E-state index contributed by atoms with van der Waals surface area (Å²) in [5.41, 5.74) is 3.40. The first-order valence-corrected chi connectivity index (χ1v) is 15.2. The van der Waals surface area contributed by atoms with E-state index in [4.69, 9.17) is 60.2 Å². The molecular formula is C32H40GdN6O12. The number of nitrogens with zero attached hydrogens (tertiary/aromatic N) is 3. The number of ether oxygens (including phenoxy) is 3. The molecule has 1 aliphatic rings. The van der Waals surface area contributed by atoms with Crippen LogP contribution in [0.1, 0.15) is 16.7 Å². The van der Waals surface area contributed by atoms with E-state index in [-0.39, 0.29) is 46.0 Å². The van der Waals surface area contributed by atoms with Crippen LogP contribution in [0, 0.1) is 70.3 Å². The average molecular weight is 858 g/mol. The van der Waals surface area contributed by atoms with E-state index in [2.05, 4.69) is 70.5 Å². The Morgan fingerprint density at radius 1 is 0.627 bits per heavy atom. The molecule has 0 amide bonds. The average Bonchev–Trinajstić information content (AvgIpc) is 3.07. The van der Waals surface area contributed by atoms with Gasteiger partial charge in [-0.1, -0.05) is 72.8 Å². The van der Waals surface area contributed by atoms with Crippen LogP contribution in [-0.2, 0) is 24.4 Å². The fourth-order valence-corrected chi connectivity index (χ4v) is 4.56. The van der Waals surface area contributed by atoms with Crippen molar-refractivity contribution in [1.82, 2.24) is 16.0 Å². The van der Waals surface area contributed by atoms with Gasteiger partial charge < -0.3 is 45.8 Å². The first-order chi connectivity index (χ1) is 24.0. The van der Waals surface area contributed by atoms with E-state index < -0.39 is 15.3 Å². The van der Waals surface area contributed by atoms with Gasteiger partial charge in [0.15, 0.2) is 0 Å². The predicted molar refractivity (Wildman–Crippen MR) is 179 cm³/mol.